The topological polar surface area (TPSA) is 81.4 Å². The van der Waals surface area contributed by atoms with Crippen molar-refractivity contribution in [3.05, 3.63) is 54.1 Å². The Bertz CT molecular complexity index is 651. The molecule has 2 aromatic carbocycles. The van der Waals surface area contributed by atoms with Crippen LogP contribution in [0.5, 0.6) is 5.75 Å². The van der Waals surface area contributed by atoms with Crippen molar-refractivity contribution in [1.82, 2.24) is 0 Å². The zero-order valence-electron chi connectivity index (χ0n) is 11.6. The average Bonchev–Trinajstić information content (AvgIpc) is 2.47. The fourth-order valence-corrected chi connectivity index (χ4v) is 1.74. The normalized spacial score (nSPS) is 9.95. The average molecular weight is 284 g/mol. The van der Waals surface area contributed by atoms with Crippen LogP contribution in [-0.4, -0.2) is 18.3 Å². The number of amides is 1. The number of anilines is 2. The van der Waals surface area contributed by atoms with E-state index in [1.165, 1.54) is 6.92 Å². The van der Waals surface area contributed by atoms with Gasteiger partial charge in [-0.3, -0.25) is 9.59 Å². The van der Waals surface area contributed by atoms with E-state index in [0.717, 1.165) is 0 Å². The lowest BCUT2D eigenvalue weighted by Gasteiger charge is -2.09. The zero-order chi connectivity index (χ0) is 15.2. The Morgan fingerprint density at radius 3 is 2.38 bits per heavy atom. The van der Waals surface area contributed by atoms with E-state index in [4.69, 9.17) is 10.5 Å². The second-order valence-corrected chi connectivity index (χ2v) is 4.51. The van der Waals surface area contributed by atoms with Crippen molar-refractivity contribution < 1.29 is 14.3 Å². The molecule has 0 aliphatic rings. The Morgan fingerprint density at radius 1 is 1.10 bits per heavy atom. The Kier molecular flexibility index (Phi) is 4.56. The summed E-state index contributed by atoms with van der Waals surface area (Å²) in [6.45, 7) is 1.36. The SMILES string of the molecule is CC(=O)c1ccc(NC(=O)COc2ccccc2N)cc1. The molecule has 0 spiro atoms. The number of ketones is 1. The molecule has 0 atom stereocenters. The molecule has 0 fully saturated rings. The van der Waals surface area contributed by atoms with Crippen LogP contribution in [0.2, 0.25) is 0 Å². The highest BCUT2D eigenvalue weighted by Crippen LogP contribution is 2.19. The van der Waals surface area contributed by atoms with Gasteiger partial charge >= 0.3 is 0 Å². The van der Waals surface area contributed by atoms with Crippen molar-refractivity contribution in [2.24, 2.45) is 0 Å². The minimum atomic E-state index is -0.297. The number of nitrogens with one attached hydrogen (secondary N) is 1. The maximum Gasteiger partial charge on any atom is 0.262 e. The third-order valence-electron chi connectivity index (χ3n) is 2.85. The highest BCUT2D eigenvalue weighted by molar-refractivity contribution is 5.96. The summed E-state index contributed by atoms with van der Waals surface area (Å²) in [5.74, 6) is 0.157. The molecule has 0 aliphatic carbocycles. The molecule has 0 aromatic heterocycles. The third-order valence-corrected chi connectivity index (χ3v) is 2.85. The first kappa shape index (κ1) is 14.6. The molecule has 0 bridgehead atoms. The quantitative estimate of drug-likeness (QED) is 0.653. The molecule has 21 heavy (non-hydrogen) atoms. The maximum atomic E-state index is 11.8. The van der Waals surface area contributed by atoms with Crippen molar-refractivity contribution in [2.75, 3.05) is 17.7 Å². The van der Waals surface area contributed by atoms with E-state index >= 15 is 0 Å². The van der Waals surface area contributed by atoms with Crippen molar-refractivity contribution in [3.8, 4) is 5.75 Å². The number of para-hydroxylation sites is 2. The van der Waals surface area contributed by atoms with Gasteiger partial charge in [-0.05, 0) is 43.3 Å². The van der Waals surface area contributed by atoms with Crippen LogP contribution in [0.4, 0.5) is 11.4 Å². The van der Waals surface area contributed by atoms with Crippen molar-refractivity contribution in [2.45, 2.75) is 6.92 Å². The van der Waals surface area contributed by atoms with Gasteiger partial charge in [0.2, 0.25) is 0 Å². The van der Waals surface area contributed by atoms with Crippen molar-refractivity contribution in [1.29, 1.82) is 0 Å². The van der Waals surface area contributed by atoms with Crippen LogP contribution < -0.4 is 15.8 Å². The minimum absolute atomic E-state index is 0.0178. The van der Waals surface area contributed by atoms with E-state index in [-0.39, 0.29) is 18.3 Å². The van der Waals surface area contributed by atoms with Gasteiger partial charge in [-0.2, -0.15) is 0 Å². The van der Waals surface area contributed by atoms with Gasteiger partial charge in [-0.15, -0.1) is 0 Å². The molecule has 0 saturated heterocycles. The van der Waals surface area contributed by atoms with E-state index in [9.17, 15) is 9.59 Å². The van der Waals surface area contributed by atoms with E-state index < -0.39 is 0 Å². The molecular weight excluding hydrogens is 268 g/mol. The summed E-state index contributed by atoms with van der Waals surface area (Å²) in [7, 11) is 0. The van der Waals surface area contributed by atoms with Crippen LogP contribution in [-0.2, 0) is 4.79 Å². The maximum absolute atomic E-state index is 11.8. The number of hydrogen-bond donors (Lipinski definition) is 2. The summed E-state index contributed by atoms with van der Waals surface area (Å²) >= 11 is 0. The predicted molar refractivity (Wildman–Crippen MR) is 81.4 cm³/mol. The van der Waals surface area contributed by atoms with Gasteiger partial charge in [0.25, 0.3) is 5.91 Å². The number of carbonyl (C=O) groups excluding carboxylic acids is 2. The third kappa shape index (κ3) is 4.07. The molecule has 0 saturated carbocycles. The van der Waals surface area contributed by atoms with Gasteiger partial charge in [0.1, 0.15) is 5.75 Å². The van der Waals surface area contributed by atoms with Gasteiger partial charge in [-0.25, -0.2) is 0 Å². The highest BCUT2D eigenvalue weighted by atomic mass is 16.5. The molecule has 2 aromatic rings. The number of ether oxygens (including phenoxy) is 1. The number of carbonyl (C=O) groups is 2. The molecule has 0 heterocycles. The van der Waals surface area contributed by atoms with E-state index in [1.807, 2.05) is 0 Å². The van der Waals surface area contributed by atoms with E-state index in [1.54, 1.807) is 48.5 Å². The summed E-state index contributed by atoms with van der Waals surface area (Å²) in [4.78, 5) is 22.9. The lowest BCUT2D eigenvalue weighted by Crippen LogP contribution is -2.20. The first-order valence-electron chi connectivity index (χ1n) is 6.44. The Morgan fingerprint density at radius 2 is 1.76 bits per heavy atom. The predicted octanol–water partition coefficient (Wildman–Crippen LogP) is 2.49. The number of nitrogens with two attached hydrogens (primary N) is 1. The minimum Gasteiger partial charge on any atom is -0.482 e. The molecule has 5 nitrogen and oxygen atoms in total. The molecule has 0 unspecified atom stereocenters. The van der Waals surface area contributed by atoms with Crippen LogP contribution in [0, 0.1) is 0 Å². The number of hydrogen-bond acceptors (Lipinski definition) is 4. The first-order valence-corrected chi connectivity index (χ1v) is 6.44. The van der Waals surface area contributed by atoms with E-state index in [2.05, 4.69) is 5.32 Å². The molecule has 1 amide bonds. The summed E-state index contributed by atoms with van der Waals surface area (Å²) < 4.78 is 5.34. The van der Waals surface area contributed by atoms with Crippen LogP contribution in [0.3, 0.4) is 0 Å². The Hall–Kier alpha value is -2.82. The Labute approximate surface area is 122 Å². The zero-order valence-corrected chi connectivity index (χ0v) is 11.6. The van der Waals surface area contributed by atoms with Crippen LogP contribution >= 0.6 is 0 Å². The van der Waals surface area contributed by atoms with Gasteiger partial charge in [-0.1, -0.05) is 12.1 Å². The molecule has 0 radical (unpaired) electrons. The second kappa shape index (κ2) is 6.56. The van der Waals surface area contributed by atoms with Gasteiger partial charge in [0.15, 0.2) is 12.4 Å². The van der Waals surface area contributed by atoms with Crippen LogP contribution in [0.25, 0.3) is 0 Å². The van der Waals surface area contributed by atoms with E-state index in [0.29, 0.717) is 22.7 Å². The number of nitrogen functional groups attached to an aromatic ring is 1. The fourth-order valence-electron chi connectivity index (χ4n) is 1.74. The fraction of sp³-hybridized carbons (Fsp3) is 0.125. The smallest absolute Gasteiger partial charge is 0.262 e. The number of benzene rings is 2. The Balaban J connectivity index is 1.90. The first-order chi connectivity index (χ1) is 10.1. The molecule has 3 N–H and O–H groups in total. The summed E-state index contributed by atoms with van der Waals surface area (Å²) in [6.07, 6.45) is 0. The van der Waals surface area contributed by atoms with Crippen LogP contribution in [0.1, 0.15) is 17.3 Å². The molecule has 0 aliphatic heterocycles. The summed E-state index contributed by atoms with van der Waals surface area (Å²) in [5, 5.41) is 2.68. The number of Topliss-reactive ketones (excluding diaryl/α,β-unsaturated/α-hetero) is 1. The molecule has 108 valence electrons. The standard InChI is InChI=1S/C16H16N2O3/c1-11(19)12-6-8-13(9-7-12)18-16(20)10-21-15-5-3-2-4-14(15)17/h2-9H,10,17H2,1H3,(H,18,20). The molecular formula is C16H16N2O3. The second-order valence-electron chi connectivity index (χ2n) is 4.51. The monoisotopic (exact) mass is 284 g/mol. The van der Waals surface area contributed by atoms with Crippen molar-refractivity contribution >= 4 is 23.1 Å². The largest absolute Gasteiger partial charge is 0.482 e. The van der Waals surface area contributed by atoms with Crippen LogP contribution in [0.15, 0.2) is 48.5 Å². The van der Waals surface area contributed by atoms with Crippen molar-refractivity contribution in [3.63, 3.8) is 0 Å². The lowest BCUT2D eigenvalue weighted by atomic mass is 10.1. The van der Waals surface area contributed by atoms with Gasteiger partial charge in [0.05, 0.1) is 5.69 Å². The molecule has 5 heteroatoms. The number of rotatable bonds is 5. The summed E-state index contributed by atoms with van der Waals surface area (Å²) in [5.41, 5.74) is 7.40. The summed E-state index contributed by atoms with van der Waals surface area (Å²) in [6, 6.07) is 13.6. The molecule has 2 rings (SSSR count). The highest BCUT2D eigenvalue weighted by Gasteiger charge is 2.06. The van der Waals surface area contributed by atoms with Gasteiger partial charge in [0, 0.05) is 11.3 Å². The lowest BCUT2D eigenvalue weighted by molar-refractivity contribution is -0.118. The van der Waals surface area contributed by atoms with Gasteiger partial charge < -0.3 is 15.8 Å².